The summed E-state index contributed by atoms with van der Waals surface area (Å²) in [6.07, 6.45) is -0.661. The summed E-state index contributed by atoms with van der Waals surface area (Å²) < 4.78 is 15.2. The van der Waals surface area contributed by atoms with E-state index < -0.39 is 6.10 Å². The summed E-state index contributed by atoms with van der Waals surface area (Å²) in [7, 11) is 1.66. The summed E-state index contributed by atoms with van der Waals surface area (Å²) in [5.74, 6) is 1.66. The van der Waals surface area contributed by atoms with Gasteiger partial charge in [0.25, 0.3) is 0 Å². The van der Waals surface area contributed by atoms with E-state index >= 15 is 0 Å². The number of aliphatic hydroxyl groups is 1. The molecule has 4 aromatic rings. The van der Waals surface area contributed by atoms with Gasteiger partial charge in [0.05, 0.1) is 48.8 Å². The summed E-state index contributed by atoms with van der Waals surface area (Å²) in [6.45, 7) is 7.07. The summed E-state index contributed by atoms with van der Waals surface area (Å²) in [6, 6.07) is 16.2. The van der Waals surface area contributed by atoms with Crippen LogP contribution in [-0.4, -0.2) is 63.9 Å². The number of benzene rings is 2. The van der Waals surface area contributed by atoms with Crippen molar-refractivity contribution < 1.29 is 14.6 Å². The van der Waals surface area contributed by atoms with Gasteiger partial charge in [-0.1, -0.05) is 12.1 Å². The molecule has 162 valence electrons. The Morgan fingerprint density at radius 1 is 1.03 bits per heavy atom. The number of rotatable bonds is 6. The Labute approximate surface area is 181 Å². The monoisotopic (exact) mass is 420 g/mol. The molecule has 0 aliphatic carbocycles. The highest BCUT2D eigenvalue weighted by atomic mass is 16.5. The Kier molecular flexibility index (Phi) is 5.40. The molecule has 2 aromatic carbocycles. The number of para-hydroxylation sites is 2. The van der Waals surface area contributed by atoms with Crippen LogP contribution in [0.2, 0.25) is 0 Å². The fourth-order valence-corrected chi connectivity index (χ4v) is 4.46. The van der Waals surface area contributed by atoms with E-state index in [1.54, 1.807) is 14.0 Å². The maximum atomic E-state index is 10.7. The first-order valence-electron chi connectivity index (χ1n) is 10.8. The van der Waals surface area contributed by atoms with E-state index in [4.69, 9.17) is 14.5 Å². The maximum Gasteiger partial charge on any atom is 0.215 e. The SMILES string of the molecule is COc1ccc(-c2nc3n(CCN4CCOCC4)c4ccccc4n3c2C(C)O)cc1. The Balaban J connectivity index is 1.64. The number of morpholine rings is 1. The number of aromatic nitrogens is 3. The Morgan fingerprint density at radius 3 is 2.42 bits per heavy atom. The lowest BCUT2D eigenvalue weighted by atomic mass is 10.1. The smallest absolute Gasteiger partial charge is 0.215 e. The van der Waals surface area contributed by atoms with Crippen LogP contribution in [0.25, 0.3) is 28.1 Å². The van der Waals surface area contributed by atoms with Gasteiger partial charge in [-0.3, -0.25) is 9.30 Å². The zero-order chi connectivity index (χ0) is 21.4. The average molecular weight is 421 g/mol. The third kappa shape index (κ3) is 3.59. The van der Waals surface area contributed by atoms with Gasteiger partial charge in [-0.15, -0.1) is 0 Å². The van der Waals surface area contributed by atoms with Crippen LogP contribution in [0.15, 0.2) is 48.5 Å². The second-order valence-corrected chi connectivity index (χ2v) is 7.98. The van der Waals surface area contributed by atoms with Crippen molar-refractivity contribution in [2.24, 2.45) is 0 Å². The van der Waals surface area contributed by atoms with E-state index in [9.17, 15) is 5.11 Å². The van der Waals surface area contributed by atoms with E-state index in [1.165, 1.54) is 0 Å². The highest BCUT2D eigenvalue weighted by molar-refractivity contribution is 5.83. The molecule has 0 bridgehead atoms. The molecule has 0 saturated carbocycles. The fourth-order valence-electron chi connectivity index (χ4n) is 4.46. The number of nitrogens with zero attached hydrogens (tertiary/aromatic N) is 4. The number of methoxy groups -OCH3 is 1. The molecule has 7 nitrogen and oxygen atoms in total. The van der Waals surface area contributed by atoms with Crippen LogP contribution >= 0.6 is 0 Å². The van der Waals surface area contributed by atoms with Crippen molar-refractivity contribution in [1.29, 1.82) is 0 Å². The van der Waals surface area contributed by atoms with Crippen LogP contribution in [0.3, 0.4) is 0 Å². The average Bonchev–Trinajstić information content (AvgIpc) is 3.34. The molecule has 1 saturated heterocycles. The number of hydrogen-bond donors (Lipinski definition) is 1. The minimum absolute atomic E-state index is 0.661. The number of imidazole rings is 2. The molecule has 1 fully saturated rings. The largest absolute Gasteiger partial charge is 0.497 e. The van der Waals surface area contributed by atoms with Crippen molar-refractivity contribution in [2.45, 2.75) is 19.6 Å². The van der Waals surface area contributed by atoms with Crippen molar-refractivity contribution >= 4 is 16.8 Å². The van der Waals surface area contributed by atoms with E-state index in [-0.39, 0.29) is 0 Å². The molecule has 0 amide bonds. The first-order valence-corrected chi connectivity index (χ1v) is 10.8. The van der Waals surface area contributed by atoms with Crippen molar-refractivity contribution in [3.63, 3.8) is 0 Å². The number of aliphatic hydroxyl groups excluding tert-OH is 1. The standard InChI is InChI=1S/C24H28N4O3/c1-17(29)23-22(18-7-9-19(30-2)10-8-18)25-24-27(12-11-26-13-15-31-16-14-26)20-5-3-4-6-21(20)28(23)24/h3-10,17,29H,11-16H2,1-2H3. The molecule has 3 heterocycles. The zero-order valence-corrected chi connectivity index (χ0v) is 18.0. The molecule has 1 unspecified atom stereocenters. The molecule has 2 aromatic heterocycles. The quantitative estimate of drug-likeness (QED) is 0.518. The Hall–Kier alpha value is -2.87. The van der Waals surface area contributed by atoms with Gasteiger partial charge in [-0.05, 0) is 43.3 Å². The van der Waals surface area contributed by atoms with Crippen LogP contribution in [0.1, 0.15) is 18.7 Å². The summed E-state index contributed by atoms with van der Waals surface area (Å²) in [5.41, 5.74) is 4.76. The van der Waals surface area contributed by atoms with Gasteiger partial charge in [0.1, 0.15) is 5.75 Å². The van der Waals surface area contributed by atoms with Crippen LogP contribution in [0.5, 0.6) is 5.75 Å². The van der Waals surface area contributed by atoms with Crippen LogP contribution in [0.4, 0.5) is 0 Å². The molecule has 1 atom stereocenters. The van der Waals surface area contributed by atoms with E-state index in [2.05, 4.69) is 32.1 Å². The molecule has 0 spiro atoms. The first kappa shape index (κ1) is 20.1. The predicted octanol–water partition coefficient (Wildman–Crippen LogP) is 3.35. The normalized spacial score (nSPS) is 16.2. The molecule has 7 heteroatoms. The third-order valence-electron chi connectivity index (χ3n) is 6.05. The summed E-state index contributed by atoms with van der Waals surface area (Å²) >= 11 is 0. The Bertz CT molecular complexity index is 1190. The van der Waals surface area contributed by atoms with Crippen LogP contribution < -0.4 is 4.74 Å². The van der Waals surface area contributed by atoms with Crippen molar-refractivity contribution in [2.75, 3.05) is 40.0 Å². The molecular formula is C24H28N4O3. The van der Waals surface area contributed by atoms with Gasteiger partial charge in [-0.25, -0.2) is 4.98 Å². The van der Waals surface area contributed by atoms with Gasteiger partial charge in [0.2, 0.25) is 5.78 Å². The molecule has 1 N–H and O–H groups in total. The molecule has 0 radical (unpaired) electrons. The van der Waals surface area contributed by atoms with Crippen LogP contribution in [-0.2, 0) is 11.3 Å². The lowest BCUT2D eigenvalue weighted by Crippen LogP contribution is -2.38. The lowest BCUT2D eigenvalue weighted by molar-refractivity contribution is 0.0366. The highest BCUT2D eigenvalue weighted by Gasteiger charge is 2.24. The van der Waals surface area contributed by atoms with E-state index in [0.29, 0.717) is 0 Å². The Morgan fingerprint density at radius 2 is 1.74 bits per heavy atom. The molecule has 5 rings (SSSR count). The first-order chi connectivity index (χ1) is 15.2. The van der Waals surface area contributed by atoms with Gasteiger partial charge < -0.3 is 19.1 Å². The highest BCUT2D eigenvalue weighted by Crippen LogP contribution is 2.34. The number of ether oxygens (including phenoxy) is 2. The molecule has 1 aliphatic rings. The van der Waals surface area contributed by atoms with Gasteiger partial charge in [0.15, 0.2) is 0 Å². The molecule has 31 heavy (non-hydrogen) atoms. The van der Waals surface area contributed by atoms with Crippen molar-refractivity contribution in [3.8, 4) is 17.0 Å². The van der Waals surface area contributed by atoms with E-state index in [0.717, 1.165) is 78.9 Å². The molecular weight excluding hydrogens is 392 g/mol. The summed E-state index contributed by atoms with van der Waals surface area (Å²) in [5, 5.41) is 10.7. The lowest BCUT2D eigenvalue weighted by Gasteiger charge is -2.26. The fraction of sp³-hybridized carbons (Fsp3) is 0.375. The predicted molar refractivity (Wildman–Crippen MR) is 121 cm³/mol. The second-order valence-electron chi connectivity index (χ2n) is 7.98. The van der Waals surface area contributed by atoms with Gasteiger partial charge in [0, 0.05) is 31.7 Å². The van der Waals surface area contributed by atoms with Crippen molar-refractivity contribution in [1.82, 2.24) is 18.9 Å². The topological polar surface area (TPSA) is 64.2 Å². The molecule has 1 aliphatic heterocycles. The third-order valence-corrected chi connectivity index (χ3v) is 6.05. The van der Waals surface area contributed by atoms with Gasteiger partial charge >= 0.3 is 0 Å². The summed E-state index contributed by atoms with van der Waals surface area (Å²) in [4.78, 5) is 7.47. The van der Waals surface area contributed by atoms with Crippen molar-refractivity contribution in [3.05, 3.63) is 54.2 Å². The number of hydrogen-bond acceptors (Lipinski definition) is 5. The van der Waals surface area contributed by atoms with Crippen LogP contribution in [0, 0.1) is 0 Å². The van der Waals surface area contributed by atoms with E-state index in [1.807, 2.05) is 30.3 Å². The minimum Gasteiger partial charge on any atom is -0.497 e. The zero-order valence-electron chi connectivity index (χ0n) is 18.0. The minimum atomic E-state index is -0.661. The van der Waals surface area contributed by atoms with Gasteiger partial charge in [-0.2, -0.15) is 0 Å². The maximum absolute atomic E-state index is 10.7. The second kappa shape index (κ2) is 8.34. The number of fused-ring (bicyclic) bond motifs is 3.